The van der Waals surface area contributed by atoms with Gasteiger partial charge >= 0.3 is 0 Å². The molecule has 1 aromatic carbocycles. The van der Waals surface area contributed by atoms with Crippen LogP contribution in [0.4, 0.5) is 0 Å². The standard InChI is InChI=1S/C19H25N3O3/c1-2-21(12-16-10-11-25-14-16)19(24)17-8-9-18(23)22(20-17)13-15-6-4-3-5-7-15/h3-7,16H,2,8-14H2,1H3. The summed E-state index contributed by atoms with van der Waals surface area (Å²) in [5, 5.41) is 5.81. The summed E-state index contributed by atoms with van der Waals surface area (Å²) in [6.45, 7) is 5.20. The van der Waals surface area contributed by atoms with Gasteiger partial charge in [0.15, 0.2) is 0 Å². The van der Waals surface area contributed by atoms with Gasteiger partial charge in [0.1, 0.15) is 5.71 Å². The van der Waals surface area contributed by atoms with E-state index in [1.807, 2.05) is 42.2 Å². The van der Waals surface area contributed by atoms with Gasteiger partial charge in [-0.1, -0.05) is 30.3 Å². The van der Waals surface area contributed by atoms with Gasteiger partial charge in [0.05, 0.1) is 13.2 Å². The number of carbonyl (C=O) groups excluding carboxylic acids is 2. The smallest absolute Gasteiger partial charge is 0.270 e. The number of hydrazone groups is 1. The molecule has 0 aliphatic carbocycles. The number of rotatable bonds is 6. The number of ether oxygens (including phenoxy) is 1. The first-order valence-corrected chi connectivity index (χ1v) is 8.96. The fourth-order valence-electron chi connectivity index (χ4n) is 3.21. The van der Waals surface area contributed by atoms with Gasteiger partial charge in [0.25, 0.3) is 5.91 Å². The minimum Gasteiger partial charge on any atom is -0.381 e. The van der Waals surface area contributed by atoms with Gasteiger partial charge in [-0.15, -0.1) is 0 Å². The highest BCUT2D eigenvalue weighted by Crippen LogP contribution is 2.17. The lowest BCUT2D eigenvalue weighted by Crippen LogP contribution is -2.43. The Morgan fingerprint density at radius 2 is 2.12 bits per heavy atom. The lowest BCUT2D eigenvalue weighted by atomic mass is 10.1. The molecule has 25 heavy (non-hydrogen) atoms. The van der Waals surface area contributed by atoms with Gasteiger partial charge in [-0.3, -0.25) is 9.59 Å². The Hall–Kier alpha value is -2.21. The molecule has 0 N–H and O–H groups in total. The molecule has 1 saturated heterocycles. The lowest BCUT2D eigenvalue weighted by molar-refractivity contribution is -0.132. The number of nitrogens with zero attached hydrogens (tertiary/aromatic N) is 3. The molecule has 0 saturated carbocycles. The minimum atomic E-state index is -0.0556. The Bertz CT molecular complexity index is 639. The maximum atomic E-state index is 12.8. The highest BCUT2D eigenvalue weighted by atomic mass is 16.5. The van der Waals surface area contributed by atoms with Gasteiger partial charge in [0, 0.05) is 38.5 Å². The van der Waals surface area contributed by atoms with E-state index >= 15 is 0 Å². The van der Waals surface area contributed by atoms with Crippen LogP contribution >= 0.6 is 0 Å². The third-order valence-corrected chi connectivity index (χ3v) is 4.70. The van der Waals surface area contributed by atoms with Crippen LogP contribution in [0.2, 0.25) is 0 Å². The van der Waals surface area contributed by atoms with E-state index in [1.54, 1.807) is 0 Å². The van der Waals surface area contributed by atoms with Crippen molar-refractivity contribution in [3.05, 3.63) is 35.9 Å². The zero-order valence-corrected chi connectivity index (χ0v) is 14.7. The van der Waals surface area contributed by atoms with E-state index in [9.17, 15) is 9.59 Å². The third kappa shape index (κ3) is 4.45. The summed E-state index contributed by atoms with van der Waals surface area (Å²) in [5.74, 6) is 0.308. The molecular weight excluding hydrogens is 318 g/mol. The molecule has 2 aliphatic heterocycles. The van der Waals surface area contributed by atoms with Crippen LogP contribution in [0.3, 0.4) is 0 Å². The van der Waals surface area contributed by atoms with Crippen molar-refractivity contribution in [3.8, 4) is 0 Å². The second kappa shape index (κ2) is 8.25. The summed E-state index contributed by atoms with van der Waals surface area (Å²) in [4.78, 5) is 26.8. The molecule has 3 rings (SSSR count). The van der Waals surface area contributed by atoms with Crippen LogP contribution in [0, 0.1) is 5.92 Å². The van der Waals surface area contributed by atoms with Crippen LogP contribution in [-0.2, 0) is 20.9 Å². The fourth-order valence-corrected chi connectivity index (χ4v) is 3.21. The monoisotopic (exact) mass is 343 g/mol. The molecule has 1 atom stereocenters. The molecule has 6 heteroatoms. The Morgan fingerprint density at radius 3 is 2.80 bits per heavy atom. The summed E-state index contributed by atoms with van der Waals surface area (Å²) in [7, 11) is 0. The molecule has 2 amide bonds. The first-order chi connectivity index (χ1) is 12.2. The van der Waals surface area contributed by atoms with Crippen molar-refractivity contribution in [1.82, 2.24) is 9.91 Å². The maximum absolute atomic E-state index is 12.8. The number of carbonyl (C=O) groups is 2. The van der Waals surface area contributed by atoms with E-state index in [2.05, 4.69) is 5.10 Å². The zero-order chi connectivity index (χ0) is 17.6. The summed E-state index contributed by atoms with van der Waals surface area (Å²) in [5.41, 5.74) is 1.49. The molecule has 6 nitrogen and oxygen atoms in total. The van der Waals surface area contributed by atoms with Crippen LogP contribution in [0.15, 0.2) is 35.4 Å². The summed E-state index contributed by atoms with van der Waals surface area (Å²) in [6, 6.07) is 9.71. The van der Waals surface area contributed by atoms with Crippen molar-refractivity contribution in [2.24, 2.45) is 11.0 Å². The quantitative estimate of drug-likeness (QED) is 0.794. The maximum Gasteiger partial charge on any atom is 0.270 e. The molecule has 1 unspecified atom stereocenters. The fraction of sp³-hybridized carbons (Fsp3) is 0.526. The highest BCUT2D eigenvalue weighted by molar-refractivity contribution is 6.39. The molecule has 0 bridgehead atoms. The average Bonchev–Trinajstić information content (AvgIpc) is 3.15. The van der Waals surface area contributed by atoms with Crippen LogP contribution in [0.5, 0.6) is 0 Å². The van der Waals surface area contributed by atoms with E-state index in [0.717, 1.165) is 25.2 Å². The van der Waals surface area contributed by atoms with E-state index in [4.69, 9.17) is 4.74 Å². The first-order valence-electron chi connectivity index (χ1n) is 8.96. The van der Waals surface area contributed by atoms with Gasteiger partial charge in [0.2, 0.25) is 5.91 Å². The molecule has 2 aliphatic rings. The van der Waals surface area contributed by atoms with Crippen LogP contribution < -0.4 is 0 Å². The van der Waals surface area contributed by atoms with Crippen LogP contribution in [-0.4, -0.2) is 53.7 Å². The van der Waals surface area contributed by atoms with Crippen molar-refractivity contribution >= 4 is 17.5 Å². The minimum absolute atomic E-state index is 0.0346. The van der Waals surface area contributed by atoms with Crippen molar-refractivity contribution in [2.45, 2.75) is 32.7 Å². The van der Waals surface area contributed by atoms with Crippen molar-refractivity contribution < 1.29 is 14.3 Å². The summed E-state index contributed by atoms with van der Waals surface area (Å²) < 4.78 is 5.40. The van der Waals surface area contributed by atoms with Crippen molar-refractivity contribution in [1.29, 1.82) is 0 Å². The zero-order valence-electron chi connectivity index (χ0n) is 14.7. The topological polar surface area (TPSA) is 62.2 Å². The van der Waals surface area contributed by atoms with E-state index in [0.29, 0.717) is 44.1 Å². The molecule has 134 valence electrons. The van der Waals surface area contributed by atoms with Gasteiger partial charge < -0.3 is 9.64 Å². The highest BCUT2D eigenvalue weighted by Gasteiger charge is 2.29. The van der Waals surface area contributed by atoms with Crippen LogP contribution in [0.1, 0.15) is 31.7 Å². The second-order valence-corrected chi connectivity index (χ2v) is 6.56. The number of benzene rings is 1. The molecular formula is C19H25N3O3. The normalized spacial score (nSPS) is 20.5. The predicted octanol–water partition coefficient (Wildman–Crippen LogP) is 2.05. The third-order valence-electron chi connectivity index (χ3n) is 4.70. The SMILES string of the molecule is CCN(CC1CCOC1)C(=O)C1=NN(Cc2ccccc2)C(=O)CC1. The number of amides is 2. The van der Waals surface area contributed by atoms with E-state index in [-0.39, 0.29) is 11.8 Å². The average molecular weight is 343 g/mol. The van der Waals surface area contributed by atoms with Gasteiger partial charge in [-0.2, -0.15) is 5.10 Å². The van der Waals surface area contributed by atoms with Crippen molar-refractivity contribution in [2.75, 3.05) is 26.3 Å². The second-order valence-electron chi connectivity index (χ2n) is 6.56. The van der Waals surface area contributed by atoms with E-state index < -0.39 is 0 Å². The van der Waals surface area contributed by atoms with Gasteiger partial charge in [-0.25, -0.2) is 5.01 Å². The summed E-state index contributed by atoms with van der Waals surface area (Å²) >= 11 is 0. The molecule has 2 heterocycles. The predicted molar refractivity (Wildman–Crippen MR) is 94.8 cm³/mol. The van der Waals surface area contributed by atoms with Crippen LogP contribution in [0.25, 0.3) is 0 Å². The largest absolute Gasteiger partial charge is 0.381 e. The van der Waals surface area contributed by atoms with Crippen molar-refractivity contribution in [3.63, 3.8) is 0 Å². The Balaban J connectivity index is 1.69. The molecule has 0 radical (unpaired) electrons. The lowest BCUT2D eigenvalue weighted by Gasteiger charge is -2.28. The molecule has 0 aromatic heterocycles. The summed E-state index contributed by atoms with van der Waals surface area (Å²) in [6.07, 6.45) is 1.75. The number of hydrogen-bond acceptors (Lipinski definition) is 4. The number of hydrogen-bond donors (Lipinski definition) is 0. The van der Waals surface area contributed by atoms with E-state index in [1.165, 1.54) is 5.01 Å². The molecule has 1 fully saturated rings. The van der Waals surface area contributed by atoms with Gasteiger partial charge in [-0.05, 0) is 18.9 Å². The Kier molecular flexibility index (Phi) is 5.81. The first kappa shape index (κ1) is 17.6. The Labute approximate surface area is 148 Å². The molecule has 0 spiro atoms. The molecule has 1 aromatic rings. The Morgan fingerprint density at radius 1 is 1.32 bits per heavy atom.